The number of para-hydroxylation sites is 1. The summed E-state index contributed by atoms with van der Waals surface area (Å²) in [6.45, 7) is 0. The number of amides is 1. The summed E-state index contributed by atoms with van der Waals surface area (Å²) in [6, 6.07) is 13.4. The summed E-state index contributed by atoms with van der Waals surface area (Å²) in [5.41, 5.74) is 3.76. The van der Waals surface area contributed by atoms with Crippen LogP contribution >= 0.6 is 0 Å². The van der Waals surface area contributed by atoms with E-state index >= 15 is 0 Å². The van der Waals surface area contributed by atoms with Crippen LogP contribution < -0.4 is 10.4 Å². The van der Waals surface area contributed by atoms with Gasteiger partial charge in [-0.25, -0.2) is 0 Å². The number of rotatable bonds is 5. The molecule has 0 aliphatic heterocycles. The van der Waals surface area contributed by atoms with Crippen molar-refractivity contribution in [3.05, 3.63) is 54.5 Å². The number of anilines is 1. The molecule has 0 aliphatic carbocycles. The second kappa shape index (κ2) is 5.91. The number of nitrogens with zero attached hydrogens (tertiary/aromatic N) is 1. The molecule has 0 saturated carbocycles. The van der Waals surface area contributed by atoms with E-state index in [2.05, 4.69) is 5.43 Å². The van der Waals surface area contributed by atoms with Crippen LogP contribution in [0.3, 0.4) is 0 Å². The van der Waals surface area contributed by atoms with Crippen molar-refractivity contribution >= 4 is 11.6 Å². The van der Waals surface area contributed by atoms with Gasteiger partial charge in [-0.2, -0.15) is 0 Å². The van der Waals surface area contributed by atoms with Gasteiger partial charge in [-0.1, -0.05) is 18.2 Å². The molecule has 2 rings (SSSR count). The smallest absolute Gasteiger partial charge is 0.238 e. The number of carbonyl (C=O) groups is 1. The first-order valence-corrected chi connectivity index (χ1v) is 5.86. The van der Waals surface area contributed by atoms with Crippen molar-refractivity contribution in [1.82, 2.24) is 5.43 Å². The van der Waals surface area contributed by atoms with Gasteiger partial charge < -0.3 is 4.42 Å². The lowest BCUT2D eigenvalue weighted by Crippen LogP contribution is -2.39. The fourth-order valence-electron chi connectivity index (χ4n) is 1.65. The monoisotopic (exact) mass is 244 g/mol. The van der Waals surface area contributed by atoms with E-state index in [0.717, 1.165) is 11.4 Å². The zero-order chi connectivity index (χ0) is 12.8. The summed E-state index contributed by atoms with van der Waals surface area (Å²) >= 11 is 0. The molecule has 0 spiro atoms. The van der Waals surface area contributed by atoms with Crippen LogP contribution in [0.15, 0.2) is 53.1 Å². The third kappa shape index (κ3) is 3.38. The van der Waals surface area contributed by atoms with Crippen molar-refractivity contribution in [2.45, 2.75) is 12.8 Å². The van der Waals surface area contributed by atoms with E-state index in [9.17, 15) is 4.79 Å². The first-order chi connectivity index (χ1) is 8.75. The predicted octanol–water partition coefficient (Wildman–Crippen LogP) is 2.38. The molecule has 0 aliphatic rings. The number of carbonyl (C=O) groups excluding carboxylic acids is 1. The Morgan fingerprint density at radius 2 is 2.00 bits per heavy atom. The van der Waals surface area contributed by atoms with Crippen LogP contribution in [0.25, 0.3) is 0 Å². The number of hydrogen-bond donors (Lipinski definition) is 1. The molecule has 1 aromatic carbocycles. The second-order valence-corrected chi connectivity index (χ2v) is 4.01. The Balaban J connectivity index is 1.80. The van der Waals surface area contributed by atoms with Crippen LogP contribution in [-0.4, -0.2) is 13.0 Å². The molecule has 18 heavy (non-hydrogen) atoms. The van der Waals surface area contributed by atoms with Crippen molar-refractivity contribution in [2.75, 3.05) is 12.1 Å². The molecule has 0 atom stereocenters. The van der Waals surface area contributed by atoms with Gasteiger partial charge >= 0.3 is 0 Å². The minimum atomic E-state index is -0.0299. The van der Waals surface area contributed by atoms with Gasteiger partial charge in [0.2, 0.25) is 5.91 Å². The summed E-state index contributed by atoms with van der Waals surface area (Å²) in [4.78, 5) is 11.7. The Labute approximate surface area is 106 Å². The molecule has 0 bridgehead atoms. The fraction of sp³-hybridized carbons (Fsp3) is 0.214. The highest BCUT2D eigenvalue weighted by atomic mass is 16.3. The van der Waals surface area contributed by atoms with Gasteiger partial charge in [0.05, 0.1) is 12.0 Å². The van der Waals surface area contributed by atoms with Crippen LogP contribution in [0.4, 0.5) is 5.69 Å². The van der Waals surface area contributed by atoms with Gasteiger partial charge in [-0.3, -0.25) is 15.2 Å². The van der Waals surface area contributed by atoms with Gasteiger partial charge in [0.25, 0.3) is 0 Å². The zero-order valence-corrected chi connectivity index (χ0v) is 10.3. The Bertz CT molecular complexity index is 480. The normalized spacial score (nSPS) is 10.1. The largest absolute Gasteiger partial charge is 0.469 e. The molecule has 0 fully saturated rings. The van der Waals surface area contributed by atoms with Gasteiger partial charge in [0, 0.05) is 19.9 Å². The highest BCUT2D eigenvalue weighted by molar-refractivity contribution is 5.77. The Hall–Kier alpha value is -2.23. The number of benzene rings is 1. The summed E-state index contributed by atoms with van der Waals surface area (Å²) in [5, 5.41) is 1.71. The minimum Gasteiger partial charge on any atom is -0.469 e. The number of furan rings is 1. The molecule has 1 aromatic heterocycles. The third-order valence-electron chi connectivity index (χ3n) is 2.61. The highest BCUT2D eigenvalue weighted by Crippen LogP contribution is 2.09. The summed E-state index contributed by atoms with van der Waals surface area (Å²) in [5.74, 6) is 0.797. The fourth-order valence-corrected chi connectivity index (χ4v) is 1.65. The molecule has 1 N–H and O–H groups in total. The summed E-state index contributed by atoms with van der Waals surface area (Å²) in [7, 11) is 1.82. The minimum absolute atomic E-state index is 0.0299. The van der Waals surface area contributed by atoms with E-state index in [1.54, 1.807) is 11.3 Å². The lowest BCUT2D eigenvalue weighted by molar-refractivity contribution is -0.121. The summed E-state index contributed by atoms with van der Waals surface area (Å²) < 4.78 is 5.18. The molecule has 1 amide bonds. The molecule has 4 heteroatoms. The highest BCUT2D eigenvalue weighted by Gasteiger charge is 2.06. The zero-order valence-electron chi connectivity index (χ0n) is 10.3. The van der Waals surface area contributed by atoms with E-state index in [0.29, 0.717) is 12.8 Å². The molecule has 2 aromatic rings. The standard InChI is InChI=1S/C14H16N2O2/c1-16(12-6-3-2-4-7-12)15-14(17)10-9-13-8-5-11-18-13/h2-8,11H,9-10H2,1H3,(H,15,17). The average molecular weight is 244 g/mol. The number of hydrogen-bond acceptors (Lipinski definition) is 3. The maximum atomic E-state index is 11.7. The first kappa shape index (κ1) is 12.2. The quantitative estimate of drug-likeness (QED) is 0.821. The van der Waals surface area contributed by atoms with E-state index < -0.39 is 0 Å². The molecular weight excluding hydrogens is 228 g/mol. The topological polar surface area (TPSA) is 45.5 Å². The average Bonchev–Trinajstić information content (AvgIpc) is 2.90. The molecule has 4 nitrogen and oxygen atoms in total. The lowest BCUT2D eigenvalue weighted by atomic mass is 10.2. The number of aryl methyl sites for hydroxylation is 1. The Morgan fingerprint density at radius 3 is 2.67 bits per heavy atom. The van der Waals surface area contributed by atoms with E-state index in [-0.39, 0.29) is 5.91 Å². The molecule has 94 valence electrons. The summed E-state index contributed by atoms with van der Waals surface area (Å²) in [6.07, 6.45) is 2.63. The van der Waals surface area contributed by atoms with Crippen molar-refractivity contribution < 1.29 is 9.21 Å². The van der Waals surface area contributed by atoms with Crippen molar-refractivity contribution in [3.8, 4) is 0 Å². The number of hydrazine groups is 1. The Morgan fingerprint density at radius 1 is 1.22 bits per heavy atom. The van der Waals surface area contributed by atoms with Crippen LogP contribution in [0.1, 0.15) is 12.2 Å². The van der Waals surface area contributed by atoms with Gasteiger partial charge in [-0.05, 0) is 24.3 Å². The van der Waals surface area contributed by atoms with Crippen molar-refractivity contribution in [1.29, 1.82) is 0 Å². The number of nitrogens with one attached hydrogen (secondary N) is 1. The maximum absolute atomic E-state index is 11.7. The molecule has 1 heterocycles. The van der Waals surface area contributed by atoms with Gasteiger partial charge in [0.15, 0.2) is 0 Å². The second-order valence-electron chi connectivity index (χ2n) is 4.01. The Kier molecular flexibility index (Phi) is 4.02. The van der Waals surface area contributed by atoms with Crippen molar-refractivity contribution in [2.24, 2.45) is 0 Å². The SMILES string of the molecule is CN(NC(=O)CCc1ccco1)c1ccccc1. The van der Waals surface area contributed by atoms with E-state index in [4.69, 9.17) is 4.42 Å². The van der Waals surface area contributed by atoms with Crippen LogP contribution in [0, 0.1) is 0 Å². The van der Waals surface area contributed by atoms with E-state index in [1.807, 2.05) is 49.5 Å². The molecular formula is C14H16N2O2. The predicted molar refractivity (Wildman–Crippen MR) is 70.0 cm³/mol. The third-order valence-corrected chi connectivity index (χ3v) is 2.61. The lowest BCUT2D eigenvalue weighted by Gasteiger charge is -2.19. The van der Waals surface area contributed by atoms with Gasteiger partial charge in [-0.15, -0.1) is 0 Å². The van der Waals surface area contributed by atoms with E-state index in [1.165, 1.54) is 0 Å². The molecule has 0 unspecified atom stereocenters. The molecule has 0 saturated heterocycles. The van der Waals surface area contributed by atoms with Crippen LogP contribution in [-0.2, 0) is 11.2 Å². The maximum Gasteiger partial charge on any atom is 0.238 e. The first-order valence-electron chi connectivity index (χ1n) is 5.86. The van der Waals surface area contributed by atoms with Crippen LogP contribution in [0.5, 0.6) is 0 Å². The van der Waals surface area contributed by atoms with Gasteiger partial charge in [0.1, 0.15) is 5.76 Å². The van der Waals surface area contributed by atoms with Crippen molar-refractivity contribution in [3.63, 3.8) is 0 Å². The molecule has 0 radical (unpaired) electrons. The van der Waals surface area contributed by atoms with Crippen LogP contribution in [0.2, 0.25) is 0 Å².